The van der Waals surface area contributed by atoms with Gasteiger partial charge in [-0.1, -0.05) is 0 Å². The minimum atomic E-state index is -0.800. The molecule has 0 aromatic carbocycles. The first-order valence-corrected chi connectivity index (χ1v) is 5.04. The highest BCUT2D eigenvalue weighted by Gasteiger charge is 2.56. The molecule has 4 atom stereocenters. The first kappa shape index (κ1) is 7.31. The number of hydrogen-bond donors (Lipinski definition) is 1. The van der Waals surface area contributed by atoms with Crippen LogP contribution in [0.25, 0.3) is 0 Å². The van der Waals surface area contributed by atoms with Crippen LogP contribution in [-0.2, 0) is 0 Å². The molecule has 4 rings (SSSR count). The summed E-state index contributed by atoms with van der Waals surface area (Å²) < 4.78 is 14.1. The molecule has 2 saturated heterocycles. The van der Waals surface area contributed by atoms with Crippen LogP contribution in [0.3, 0.4) is 0 Å². The lowest BCUT2D eigenvalue weighted by Crippen LogP contribution is -2.67. The van der Waals surface area contributed by atoms with Crippen LogP contribution in [0.4, 0.5) is 4.39 Å². The third kappa shape index (κ3) is 0.875. The molecule has 12 heavy (non-hydrogen) atoms. The van der Waals surface area contributed by atoms with Crippen molar-refractivity contribution in [3.05, 3.63) is 0 Å². The molecule has 2 saturated carbocycles. The van der Waals surface area contributed by atoms with E-state index in [4.69, 9.17) is 0 Å². The predicted molar refractivity (Wildman–Crippen MR) is 45.7 cm³/mol. The van der Waals surface area contributed by atoms with Gasteiger partial charge in [-0.25, -0.2) is 4.39 Å². The van der Waals surface area contributed by atoms with Crippen LogP contribution in [0.5, 0.6) is 0 Å². The second-order valence-electron chi connectivity index (χ2n) is 5.44. The maximum absolute atomic E-state index is 14.1. The van der Waals surface area contributed by atoms with E-state index >= 15 is 0 Å². The van der Waals surface area contributed by atoms with Crippen LogP contribution in [0.1, 0.15) is 39.0 Å². The molecular formula is C10H16FN. The van der Waals surface area contributed by atoms with E-state index in [9.17, 15) is 4.39 Å². The van der Waals surface area contributed by atoms with Crippen LogP contribution < -0.4 is 5.32 Å². The van der Waals surface area contributed by atoms with Gasteiger partial charge in [0, 0.05) is 11.6 Å². The Kier molecular flexibility index (Phi) is 1.14. The summed E-state index contributed by atoms with van der Waals surface area (Å²) in [5.41, 5.74) is -0.662. The monoisotopic (exact) mass is 169 g/mol. The molecule has 4 bridgehead atoms. The van der Waals surface area contributed by atoms with Crippen molar-refractivity contribution in [2.45, 2.75) is 56.3 Å². The summed E-state index contributed by atoms with van der Waals surface area (Å²) in [6, 6.07) is 0.487. The van der Waals surface area contributed by atoms with Gasteiger partial charge in [0.1, 0.15) is 5.67 Å². The topological polar surface area (TPSA) is 12.0 Å². The standard InChI is InChI=1S/C10H16FN/c1-9-3-7-2-8(12-9)5-10(11,4-7)6-9/h7-8,12H,2-6H2,1H3. The van der Waals surface area contributed by atoms with Crippen molar-refractivity contribution >= 4 is 0 Å². The average Bonchev–Trinajstić information content (AvgIpc) is 1.75. The number of rotatable bonds is 0. The highest BCUT2D eigenvalue weighted by Crippen LogP contribution is 2.53. The van der Waals surface area contributed by atoms with Gasteiger partial charge in [-0.3, -0.25) is 0 Å². The third-order valence-electron chi connectivity index (χ3n) is 3.88. The van der Waals surface area contributed by atoms with Gasteiger partial charge < -0.3 is 5.32 Å². The molecule has 4 aliphatic rings. The zero-order valence-electron chi connectivity index (χ0n) is 7.57. The molecule has 1 N–H and O–H groups in total. The molecule has 2 aliphatic carbocycles. The van der Waals surface area contributed by atoms with E-state index in [1.165, 1.54) is 12.8 Å². The van der Waals surface area contributed by atoms with Gasteiger partial charge in [0.25, 0.3) is 0 Å². The van der Waals surface area contributed by atoms with Crippen molar-refractivity contribution in [3.63, 3.8) is 0 Å². The van der Waals surface area contributed by atoms with Crippen LogP contribution in [0.15, 0.2) is 0 Å². The predicted octanol–water partition coefficient (Wildman–Crippen LogP) is 2.02. The number of halogens is 1. The van der Waals surface area contributed by atoms with Crippen LogP contribution in [0, 0.1) is 5.92 Å². The summed E-state index contributed by atoms with van der Waals surface area (Å²) in [7, 11) is 0. The Morgan fingerprint density at radius 1 is 1.33 bits per heavy atom. The van der Waals surface area contributed by atoms with Crippen molar-refractivity contribution in [1.82, 2.24) is 5.32 Å². The average molecular weight is 169 g/mol. The maximum atomic E-state index is 14.1. The van der Waals surface area contributed by atoms with E-state index in [1.54, 1.807) is 0 Å². The van der Waals surface area contributed by atoms with E-state index < -0.39 is 5.67 Å². The zero-order chi connectivity index (χ0) is 8.40. The Bertz CT molecular complexity index is 192. The zero-order valence-corrected chi connectivity index (χ0v) is 7.57. The first-order valence-electron chi connectivity index (χ1n) is 5.04. The van der Waals surface area contributed by atoms with Gasteiger partial charge in [0.15, 0.2) is 0 Å². The van der Waals surface area contributed by atoms with Crippen molar-refractivity contribution in [2.24, 2.45) is 5.92 Å². The quantitative estimate of drug-likeness (QED) is 0.585. The molecule has 2 aliphatic heterocycles. The van der Waals surface area contributed by atoms with Crippen LogP contribution in [-0.4, -0.2) is 17.2 Å². The highest BCUT2D eigenvalue weighted by atomic mass is 19.1. The SMILES string of the molecule is CC12CC3CC(CC(F)(C3)C1)N2. The molecule has 68 valence electrons. The third-order valence-corrected chi connectivity index (χ3v) is 3.88. The lowest BCUT2D eigenvalue weighted by atomic mass is 9.58. The van der Waals surface area contributed by atoms with Gasteiger partial charge in [-0.05, 0) is 44.9 Å². The summed E-state index contributed by atoms with van der Waals surface area (Å²) in [5.74, 6) is 0.675. The van der Waals surface area contributed by atoms with Gasteiger partial charge >= 0.3 is 0 Å². The van der Waals surface area contributed by atoms with E-state index in [1.807, 2.05) is 0 Å². The molecule has 0 aromatic rings. The molecule has 0 spiro atoms. The summed E-state index contributed by atoms with van der Waals surface area (Å²) in [5, 5.41) is 3.58. The molecule has 1 nitrogen and oxygen atoms in total. The minimum Gasteiger partial charge on any atom is -0.309 e. The van der Waals surface area contributed by atoms with Crippen molar-refractivity contribution in [1.29, 1.82) is 0 Å². The fourth-order valence-electron chi connectivity index (χ4n) is 4.03. The minimum absolute atomic E-state index is 0.138. The maximum Gasteiger partial charge on any atom is 0.114 e. The number of hydrogen-bond acceptors (Lipinski definition) is 1. The van der Waals surface area contributed by atoms with Gasteiger partial charge in [-0.15, -0.1) is 0 Å². The highest BCUT2D eigenvalue weighted by molar-refractivity contribution is 5.12. The number of alkyl halides is 1. The molecule has 0 aromatic heterocycles. The van der Waals surface area contributed by atoms with E-state index in [-0.39, 0.29) is 5.54 Å². The number of nitrogens with one attached hydrogen (secondary N) is 1. The Morgan fingerprint density at radius 3 is 2.75 bits per heavy atom. The normalized spacial score (nSPS) is 62.5. The molecule has 0 amide bonds. The Hall–Kier alpha value is -0.110. The first-order chi connectivity index (χ1) is 5.57. The second kappa shape index (κ2) is 1.87. The summed E-state index contributed by atoms with van der Waals surface area (Å²) in [4.78, 5) is 0. The molecule has 4 unspecified atom stereocenters. The Labute approximate surface area is 72.7 Å². The fraction of sp³-hybridized carbons (Fsp3) is 1.00. The van der Waals surface area contributed by atoms with Gasteiger partial charge in [0.2, 0.25) is 0 Å². The molecule has 2 heterocycles. The van der Waals surface area contributed by atoms with Gasteiger partial charge in [-0.2, -0.15) is 0 Å². The fourth-order valence-corrected chi connectivity index (χ4v) is 4.03. The second-order valence-corrected chi connectivity index (χ2v) is 5.44. The molecule has 2 heteroatoms. The Morgan fingerprint density at radius 2 is 2.17 bits per heavy atom. The van der Waals surface area contributed by atoms with Crippen molar-refractivity contribution in [2.75, 3.05) is 0 Å². The Balaban J connectivity index is 1.98. The van der Waals surface area contributed by atoms with E-state index in [2.05, 4.69) is 12.2 Å². The van der Waals surface area contributed by atoms with E-state index in [0.717, 1.165) is 19.3 Å². The van der Waals surface area contributed by atoms with Crippen molar-refractivity contribution < 1.29 is 4.39 Å². The van der Waals surface area contributed by atoms with Gasteiger partial charge in [0.05, 0.1) is 0 Å². The summed E-state index contributed by atoms with van der Waals surface area (Å²) in [6.07, 6.45) is 4.81. The van der Waals surface area contributed by atoms with Crippen molar-refractivity contribution in [3.8, 4) is 0 Å². The lowest BCUT2D eigenvalue weighted by Gasteiger charge is -2.58. The largest absolute Gasteiger partial charge is 0.309 e. The molecule has 0 radical (unpaired) electrons. The lowest BCUT2D eigenvalue weighted by molar-refractivity contribution is -0.0777. The summed E-state index contributed by atoms with van der Waals surface area (Å²) in [6.45, 7) is 2.19. The summed E-state index contributed by atoms with van der Waals surface area (Å²) >= 11 is 0. The molecular weight excluding hydrogens is 153 g/mol. The van der Waals surface area contributed by atoms with Crippen LogP contribution >= 0.6 is 0 Å². The number of piperidine rings is 2. The molecule has 4 fully saturated rings. The van der Waals surface area contributed by atoms with Crippen LogP contribution in [0.2, 0.25) is 0 Å². The van der Waals surface area contributed by atoms with E-state index in [0.29, 0.717) is 12.0 Å². The smallest absolute Gasteiger partial charge is 0.114 e.